The minimum atomic E-state index is -1.17. The Labute approximate surface area is 360 Å². The van der Waals surface area contributed by atoms with Crippen molar-refractivity contribution in [3.8, 4) is 11.5 Å². The van der Waals surface area contributed by atoms with Crippen molar-refractivity contribution in [3.05, 3.63) is 131 Å². The molecule has 0 saturated carbocycles. The van der Waals surface area contributed by atoms with Crippen molar-refractivity contribution in [3.63, 3.8) is 0 Å². The first-order valence-corrected chi connectivity index (χ1v) is 19.2. The molecule has 4 rings (SSSR count). The van der Waals surface area contributed by atoms with Crippen molar-refractivity contribution in [2.75, 3.05) is 13.1 Å². The smallest absolute Gasteiger partial charge is 0.320 e. The van der Waals surface area contributed by atoms with Gasteiger partial charge in [-0.3, -0.25) is 28.8 Å². The molecule has 62 heavy (non-hydrogen) atoms. The maximum Gasteiger partial charge on any atom is 0.320 e. The second kappa shape index (κ2) is 36.0. The molecular formula is C44H60N4O14. The first-order valence-electron chi connectivity index (χ1n) is 19.2. The number of phenolic OH excluding ortho intramolecular Hbond substituents is 2. The van der Waals surface area contributed by atoms with Crippen molar-refractivity contribution < 1.29 is 69.6 Å². The number of hydrogen-bond acceptors (Lipinski definition) is 12. The molecule has 0 heterocycles. The van der Waals surface area contributed by atoms with Crippen molar-refractivity contribution in [1.82, 2.24) is 0 Å². The van der Waals surface area contributed by atoms with Crippen LogP contribution in [0.4, 0.5) is 0 Å². The summed E-state index contributed by atoms with van der Waals surface area (Å²) < 4.78 is 0. The highest BCUT2D eigenvalue weighted by Gasteiger charge is 2.13. The predicted octanol–water partition coefficient (Wildman–Crippen LogP) is 3.72. The van der Waals surface area contributed by atoms with Crippen LogP contribution in [0.25, 0.3) is 0 Å². The number of aliphatic carboxylic acids is 6. The van der Waals surface area contributed by atoms with E-state index < -0.39 is 47.9 Å². The van der Waals surface area contributed by atoms with Crippen LogP contribution in [0, 0.1) is 0 Å². The van der Waals surface area contributed by atoms with Crippen molar-refractivity contribution in [2.24, 2.45) is 22.9 Å². The van der Waals surface area contributed by atoms with Crippen molar-refractivity contribution >= 4 is 35.8 Å². The van der Waals surface area contributed by atoms with Gasteiger partial charge in [-0.05, 0) is 98.1 Å². The number of hydrogen-bond donors (Lipinski definition) is 12. The van der Waals surface area contributed by atoms with Gasteiger partial charge in [0, 0.05) is 25.7 Å². The molecule has 0 amide bonds. The summed E-state index contributed by atoms with van der Waals surface area (Å²) in [6.07, 6.45) is 2.80. The van der Waals surface area contributed by atoms with E-state index in [1.807, 2.05) is 36.4 Å². The lowest BCUT2D eigenvalue weighted by Crippen LogP contribution is -2.30. The van der Waals surface area contributed by atoms with E-state index in [2.05, 4.69) is 24.3 Å². The van der Waals surface area contributed by atoms with Crippen LogP contribution in [0.2, 0.25) is 0 Å². The third-order valence-electron chi connectivity index (χ3n) is 7.65. The average Bonchev–Trinajstić information content (AvgIpc) is 3.23. The summed E-state index contributed by atoms with van der Waals surface area (Å²) in [4.78, 5) is 60.1. The lowest BCUT2D eigenvalue weighted by Gasteiger charge is -2.01. The van der Waals surface area contributed by atoms with Crippen LogP contribution in [0.15, 0.2) is 109 Å². The molecule has 0 aromatic heterocycles. The van der Waals surface area contributed by atoms with Gasteiger partial charge >= 0.3 is 35.8 Å². The van der Waals surface area contributed by atoms with Crippen LogP contribution in [0.5, 0.6) is 11.5 Å². The van der Waals surface area contributed by atoms with Crippen LogP contribution in [-0.4, -0.2) is 102 Å². The number of carboxylic acids is 6. The molecule has 4 aromatic rings. The first kappa shape index (κ1) is 57.2. The van der Waals surface area contributed by atoms with Gasteiger partial charge in [0.05, 0.1) is 0 Å². The van der Waals surface area contributed by atoms with Gasteiger partial charge in [-0.2, -0.15) is 0 Å². The molecule has 0 spiro atoms. The topological polar surface area (TPSA) is 368 Å². The number of nitrogens with two attached hydrogens (primary N) is 4. The number of aromatic hydroxyl groups is 2. The second-order valence-corrected chi connectivity index (χ2v) is 12.9. The number of benzene rings is 4. The highest BCUT2D eigenvalue weighted by Crippen LogP contribution is 2.12. The maximum absolute atomic E-state index is 10.2. The Hall–Kier alpha value is -6.86. The van der Waals surface area contributed by atoms with E-state index in [1.54, 1.807) is 48.5 Å². The zero-order valence-electron chi connectivity index (χ0n) is 34.4. The summed E-state index contributed by atoms with van der Waals surface area (Å²) in [6.45, 7) is 1.48. The molecule has 0 radical (unpaired) electrons. The summed E-state index contributed by atoms with van der Waals surface area (Å²) >= 11 is 0. The minimum Gasteiger partial charge on any atom is -0.508 e. The second-order valence-electron chi connectivity index (χ2n) is 12.9. The van der Waals surface area contributed by atoms with E-state index >= 15 is 0 Å². The van der Waals surface area contributed by atoms with E-state index in [0.717, 1.165) is 37.1 Å². The average molecular weight is 869 g/mol. The van der Waals surface area contributed by atoms with Gasteiger partial charge in [-0.25, -0.2) is 0 Å². The summed E-state index contributed by atoms with van der Waals surface area (Å²) in [5.41, 5.74) is 25.2. The largest absolute Gasteiger partial charge is 0.508 e. The molecule has 0 aliphatic rings. The Morgan fingerprint density at radius 1 is 0.387 bits per heavy atom. The summed E-state index contributed by atoms with van der Waals surface area (Å²) in [5, 5.41) is 67.1. The fourth-order valence-electron chi connectivity index (χ4n) is 4.26. The Morgan fingerprint density at radius 2 is 0.645 bits per heavy atom. The molecule has 4 aromatic carbocycles. The van der Waals surface area contributed by atoms with E-state index in [0.29, 0.717) is 12.8 Å². The monoisotopic (exact) mass is 868 g/mol. The standard InChI is InChI=1S/2C9H10O3.2C8H11N.2C5H9NO4/c2*10-8-4-1-7(2-5-8)3-6-9(11)12;2*9-7-6-8-4-2-1-3-5-8;2*6-3(5(9)10)1-2-4(7)8/h2*1-2,4-5,10H,3,6H2,(H,11,12);2*1-5H,6-7,9H2;2*3H,1-2,6H2,(H,7,8)(H,9,10)/t;;;;2*3-/m....10/s1. The van der Waals surface area contributed by atoms with Gasteiger partial charge in [-0.1, -0.05) is 84.9 Å². The minimum absolute atomic E-state index is 0.0231. The molecule has 18 heteroatoms. The molecule has 0 aliphatic heterocycles. The molecule has 18 nitrogen and oxygen atoms in total. The summed E-state index contributed by atoms with van der Waals surface area (Å²) in [6, 6.07) is 31.5. The van der Waals surface area contributed by atoms with Crippen molar-refractivity contribution in [1.29, 1.82) is 0 Å². The number of rotatable bonds is 18. The zero-order chi connectivity index (χ0) is 47.3. The molecule has 2 atom stereocenters. The third kappa shape index (κ3) is 36.2. The number of aryl methyl sites for hydroxylation is 2. The number of phenols is 2. The van der Waals surface area contributed by atoms with Gasteiger partial charge in [0.25, 0.3) is 0 Å². The summed E-state index contributed by atoms with van der Waals surface area (Å²) in [7, 11) is 0. The Balaban J connectivity index is 0. The quantitative estimate of drug-likeness (QED) is 0.0677. The van der Waals surface area contributed by atoms with Crippen LogP contribution in [0.3, 0.4) is 0 Å². The zero-order valence-corrected chi connectivity index (χ0v) is 34.4. The molecule has 0 aliphatic carbocycles. The van der Waals surface area contributed by atoms with Crippen LogP contribution < -0.4 is 22.9 Å². The normalized spacial score (nSPS) is 10.5. The van der Waals surface area contributed by atoms with Crippen LogP contribution >= 0.6 is 0 Å². The Morgan fingerprint density at radius 3 is 0.871 bits per heavy atom. The van der Waals surface area contributed by atoms with Gasteiger partial charge in [0.1, 0.15) is 23.6 Å². The lowest BCUT2D eigenvalue weighted by molar-refractivity contribution is -0.141. The molecule has 0 fully saturated rings. The highest BCUT2D eigenvalue weighted by atomic mass is 16.4. The molecule has 0 bridgehead atoms. The van der Waals surface area contributed by atoms with Crippen molar-refractivity contribution in [2.45, 2.75) is 76.3 Å². The lowest BCUT2D eigenvalue weighted by atomic mass is 10.1. The Bertz CT molecular complexity index is 1700. The van der Waals surface area contributed by atoms with E-state index in [1.165, 1.54) is 11.1 Å². The number of carboxylic acid groups (broad SMARTS) is 6. The number of carbonyl (C=O) groups is 6. The van der Waals surface area contributed by atoms with Gasteiger partial charge in [0.15, 0.2) is 0 Å². The SMILES string of the molecule is NCCc1ccccc1.NCCc1ccccc1.N[C@@H](CCC(=O)O)C(=O)O.N[C@H](CCC(=O)O)C(=O)O.O=C(O)CCc1ccc(O)cc1.O=C(O)CCc1ccc(O)cc1. The van der Waals surface area contributed by atoms with E-state index in [9.17, 15) is 28.8 Å². The molecule has 340 valence electrons. The van der Waals surface area contributed by atoms with Crippen LogP contribution in [0.1, 0.15) is 60.8 Å². The Kier molecular flexibility index (Phi) is 33.3. The van der Waals surface area contributed by atoms with Gasteiger partial charge < -0.3 is 63.8 Å². The first-order chi connectivity index (χ1) is 29.3. The molecule has 0 saturated heterocycles. The molecule has 0 unspecified atom stereocenters. The fraction of sp³-hybridized carbons (Fsp3) is 0.318. The van der Waals surface area contributed by atoms with E-state index in [4.69, 9.17) is 63.8 Å². The molecular weight excluding hydrogens is 808 g/mol. The maximum atomic E-state index is 10.2. The predicted molar refractivity (Wildman–Crippen MR) is 231 cm³/mol. The van der Waals surface area contributed by atoms with Crippen LogP contribution in [-0.2, 0) is 54.5 Å². The van der Waals surface area contributed by atoms with Gasteiger partial charge in [-0.15, -0.1) is 0 Å². The summed E-state index contributed by atoms with van der Waals surface area (Å²) in [5.74, 6) is -5.59. The molecule has 16 N–H and O–H groups in total. The third-order valence-corrected chi connectivity index (χ3v) is 7.65. The van der Waals surface area contributed by atoms with E-state index in [-0.39, 0.29) is 50.0 Å². The fourth-order valence-corrected chi connectivity index (χ4v) is 4.26. The highest BCUT2D eigenvalue weighted by molar-refractivity contribution is 5.75. The van der Waals surface area contributed by atoms with Gasteiger partial charge in [0.2, 0.25) is 0 Å².